The van der Waals surface area contributed by atoms with Crippen LogP contribution in [0.5, 0.6) is 0 Å². The fourth-order valence-electron chi connectivity index (χ4n) is 4.71. The Balaban J connectivity index is 1.38. The van der Waals surface area contributed by atoms with E-state index in [9.17, 15) is 17.6 Å². The first-order valence-corrected chi connectivity index (χ1v) is 15.5. The number of nitrogens with zero attached hydrogens (tertiary/aromatic N) is 5. The highest BCUT2D eigenvalue weighted by Gasteiger charge is 2.18. The van der Waals surface area contributed by atoms with Crippen LogP contribution in [-0.2, 0) is 21.1 Å². The normalized spacial score (nSPS) is 11.9. The first-order chi connectivity index (χ1) is 20.5. The number of carbonyl (C=O) groups is 1. The van der Waals surface area contributed by atoms with Crippen LogP contribution in [0.15, 0.2) is 61.3 Å². The molecule has 0 atom stereocenters. The van der Waals surface area contributed by atoms with E-state index in [2.05, 4.69) is 35.5 Å². The van der Waals surface area contributed by atoms with Gasteiger partial charge >= 0.3 is 0 Å². The van der Waals surface area contributed by atoms with Gasteiger partial charge in [0.2, 0.25) is 5.91 Å². The van der Waals surface area contributed by atoms with Gasteiger partial charge in [-0.25, -0.2) is 22.8 Å². The molecule has 13 heteroatoms. The van der Waals surface area contributed by atoms with Crippen LogP contribution in [0.1, 0.15) is 19.4 Å². The molecule has 5 heterocycles. The van der Waals surface area contributed by atoms with Crippen molar-refractivity contribution in [3.63, 3.8) is 0 Å². The van der Waals surface area contributed by atoms with E-state index in [0.29, 0.717) is 56.0 Å². The molecule has 11 nitrogen and oxygen atoms in total. The molecular formula is C30H27FN8O3S. The van der Waals surface area contributed by atoms with E-state index in [1.54, 1.807) is 37.1 Å². The number of sulfone groups is 1. The number of amides is 1. The number of hydrogen-bond acceptors (Lipinski definition) is 8. The molecule has 6 aromatic rings. The van der Waals surface area contributed by atoms with Gasteiger partial charge in [-0.2, -0.15) is 5.10 Å². The zero-order chi connectivity index (χ0) is 30.3. The predicted octanol–water partition coefficient (Wildman–Crippen LogP) is 4.95. The minimum Gasteiger partial charge on any atom is -0.335 e. The van der Waals surface area contributed by atoms with E-state index in [4.69, 9.17) is 4.98 Å². The fraction of sp³-hybridized carbons (Fsp3) is 0.200. The van der Waals surface area contributed by atoms with Crippen molar-refractivity contribution in [1.29, 1.82) is 0 Å². The van der Waals surface area contributed by atoms with E-state index < -0.39 is 15.7 Å². The van der Waals surface area contributed by atoms with E-state index in [-0.39, 0.29) is 24.0 Å². The molecule has 1 amide bonds. The van der Waals surface area contributed by atoms with Crippen LogP contribution >= 0.6 is 0 Å². The standard InChI is InChI=1S/C30H27FN8O3S/c1-16(2)30(40)35-22-9-19(11-32-13-22)20-10-23-27(38-39-28(23)34-12-20)29-36-25-15-33-14-24(26(25)37-29)18-6-17(7-21(31)8-18)4-5-43(3,41)42/h6-16H,4-5H2,1-3H3,(H,35,40)(H,36,37)(H,34,38,39). The highest BCUT2D eigenvalue weighted by molar-refractivity contribution is 7.90. The van der Waals surface area contributed by atoms with Crippen molar-refractivity contribution in [1.82, 2.24) is 35.1 Å². The van der Waals surface area contributed by atoms with E-state index in [1.807, 2.05) is 26.0 Å². The summed E-state index contributed by atoms with van der Waals surface area (Å²) in [5, 5.41) is 10.9. The third kappa shape index (κ3) is 5.97. The number of aromatic amines is 2. The lowest BCUT2D eigenvalue weighted by Crippen LogP contribution is -2.17. The molecule has 0 aliphatic rings. The van der Waals surface area contributed by atoms with Crippen LogP contribution in [0.2, 0.25) is 0 Å². The maximum Gasteiger partial charge on any atom is 0.226 e. The number of aryl methyl sites for hydroxylation is 1. The van der Waals surface area contributed by atoms with Crippen LogP contribution in [0.25, 0.3) is 55.8 Å². The number of hydrogen-bond donors (Lipinski definition) is 3. The Morgan fingerprint density at radius 1 is 0.977 bits per heavy atom. The summed E-state index contributed by atoms with van der Waals surface area (Å²) in [4.78, 5) is 33.4. The second-order valence-corrected chi connectivity index (χ2v) is 13.0. The number of carbonyl (C=O) groups excluding carboxylic acids is 1. The van der Waals surface area contributed by atoms with Crippen molar-refractivity contribution in [3.8, 4) is 33.8 Å². The average Bonchev–Trinajstić information content (AvgIpc) is 3.59. The number of pyridine rings is 3. The molecule has 3 N–H and O–H groups in total. The summed E-state index contributed by atoms with van der Waals surface area (Å²) in [5.74, 6) is -0.352. The molecule has 0 fully saturated rings. The molecule has 0 unspecified atom stereocenters. The van der Waals surface area contributed by atoms with Crippen LogP contribution in [-0.4, -0.2) is 61.5 Å². The summed E-state index contributed by atoms with van der Waals surface area (Å²) in [5.41, 5.74) is 6.07. The Morgan fingerprint density at radius 2 is 1.77 bits per heavy atom. The molecule has 0 saturated carbocycles. The third-order valence-corrected chi connectivity index (χ3v) is 7.88. The van der Waals surface area contributed by atoms with Gasteiger partial charge in [-0.15, -0.1) is 0 Å². The number of nitrogens with one attached hydrogen (secondary N) is 3. The summed E-state index contributed by atoms with van der Waals surface area (Å²) in [6.45, 7) is 3.64. The van der Waals surface area contributed by atoms with Crippen LogP contribution in [0.4, 0.5) is 10.1 Å². The largest absolute Gasteiger partial charge is 0.335 e. The smallest absolute Gasteiger partial charge is 0.226 e. The van der Waals surface area contributed by atoms with Crippen LogP contribution in [0.3, 0.4) is 0 Å². The Kier molecular flexibility index (Phi) is 7.18. The first-order valence-electron chi connectivity index (χ1n) is 13.5. The minimum atomic E-state index is -3.21. The number of halogens is 1. The molecule has 218 valence electrons. The summed E-state index contributed by atoms with van der Waals surface area (Å²) in [6, 6.07) is 8.22. The lowest BCUT2D eigenvalue weighted by Gasteiger charge is -2.09. The zero-order valence-corrected chi connectivity index (χ0v) is 24.3. The van der Waals surface area contributed by atoms with Gasteiger partial charge in [-0.1, -0.05) is 19.9 Å². The minimum absolute atomic E-state index is 0.0826. The van der Waals surface area contributed by atoms with Gasteiger partial charge in [-0.05, 0) is 41.8 Å². The predicted molar refractivity (Wildman–Crippen MR) is 162 cm³/mol. The Morgan fingerprint density at radius 3 is 2.56 bits per heavy atom. The molecule has 43 heavy (non-hydrogen) atoms. The second-order valence-electron chi connectivity index (χ2n) is 10.7. The van der Waals surface area contributed by atoms with Crippen molar-refractivity contribution >= 4 is 43.5 Å². The van der Waals surface area contributed by atoms with Gasteiger partial charge in [0.1, 0.15) is 21.3 Å². The maximum absolute atomic E-state index is 14.6. The molecule has 0 radical (unpaired) electrons. The molecule has 6 rings (SSSR count). The van der Waals surface area contributed by atoms with Crippen molar-refractivity contribution < 1.29 is 17.6 Å². The number of imidazole rings is 1. The topological polar surface area (TPSA) is 159 Å². The SMILES string of the molecule is CC(C)C(=O)Nc1cncc(-c2cnc3n[nH]c(-c4nc5c(-c6cc(F)cc(CCS(C)(=O)=O)c6)cncc5[nH]4)c3c2)c1. The average molecular weight is 599 g/mol. The molecule has 0 saturated heterocycles. The Labute approximate surface area is 246 Å². The molecular weight excluding hydrogens is 571 g/mol. The number of anilines is 1. The van der Waals surface area contributed by atoms with Gasteiger partial charge in [0, 0.05) is 47.5 Å². The Bertz CT molecular complexity index is 2120. The first kappa shape index (κ1) is 28.1. The van der Waals surface area contributed by atoms with E-state index in [1.165, 1.54) is 12.1 Å². The molecule has 0 spiro atoms. The summed E-state index contributed by atoms with van der Waals surface area (Å²) >= 11 is 0. The number of rotatable bonds is 8. The van der Waals surface area contributed by atoms with Gasteiger partial charge in [-0.3, -0.25) is 19.9 Å². The van der Waals surface area contributed by atoms with Crippen molar-refractivity contribution in [2.75, 3.05) is 17.3 Å². The second kappa shape index (κ2) is 11.0. The molecule has 0 bridgehead atoms. The Hall–Kier alpha value is -5.04. The highest BCUT2D eigenvalue weighted by Crippen LogP contribution is 2.33. The monoisotopic (exact) mass is 598 g/mol. The van der Waals surface area contributed by atoms with Gasteiger partial charge in [0.05, 0.1) is 40.3 Å². The van der Waals surface area contributed by atoms with Gasteiger partial charge in [0.15, 0.2) is 11.5 Å². The molecule has 1 aromatic carbocycles. The maximum atomic E-state index is 14.6. The molecule has 5 aromatic heterocycles. The van der Waals surface area contributed by atoms with Crippen LogP contribution in [0, 0.1) is 11.7 Å². The quantitative estimate of drug-likeness (QED) is 0.222. The third-order valence-electron chi connectivity index (χ3n) is 6.93. The fourth-order valence-corrected chi connectivity index (χ4v) is 5.31. The summed E-state index contributed by atoms with van der Waals surface area (Å²) < 4.78 is 37.9. The van der Waals surface area contributed by atoms with E-state index in [0.717, 1.165) is 17.4 Å². The van der Waals surface area contributed by atoms with Crippen LogP contribution < -0.4 is 5.32 Å². The lowest BCUT2D eigenvalue weighted by atomic mass is 10.0. The van der Waals surface area contributed by atoms with Crippen molar-refractivity contribution in [2.24, 2.45) is 5.92 Å². The highest BCUT2D eigenvalue weighted by atomic mass is 32.2. The summed E-state index contributed by atoms with van der Waals surface area (Å²) in [7, 11) is -3.21. The van der Waals surface area contributed by atoms with Crippen molar-refractivity contribution in [3.05, 3.63) is 72.7 Å². The van der Waals surface area contributed by atoms with E-state index >= 15 is 0 Å². The number of aromatic nitrogens is 7. The van der Waals surface area contributed by atoms with Gasteiger partial charge < -0.3 is 10.3 Å². The lowest BCUT2D eigenvalue weighted by molar-refractivity contribution is -0.118. The van der Waals surface area contributed by atoms with Gasteiger partial charge in [0.25, 0.3) is 0 Å². The molecule has 0 aliphatic carbocycles. The zero-order valence-electron chi connectivity index (χ0n) is 23.5. The molecule has 0 aliphatic heterocycles. The summed E-state index contributed by atoms with van der Waals surface area (Å²) in [6.07, 6.45) is 9.54. The van der Waals surface area contributed by atoms with Crippen molar-refractivity contribution in [2.45, 2.75) is 20.3 Å². The number of benzene rings is 1. The number of H-pyrrole nitrogens is 2. The number of fused-ring (bicyclic) bond motifs is 2.